The van der Waals surface area contributed by atoms with Crippen LogP contribution >= 0.6 is 0 Å². The van der Waals surface area contributed by atoms with E-state index in [1.165, 1.54) is 0 Å². The minimum Gasteiger partial charge on any atom is -1.00 e. The average molecular weight is 430 g/mol. The largest absolute Gasteiger partial charge is 1.00 e. The van der Waals surface area contributed by atoms with Gasteiger partial charge in [0, 0.05) is 0 Å². The van der Waals surface area contributed by atoms with Crippen molar-refractivity contribution in [1.29, 1.82) is 0 Å². The van der Waals surface area contributed by atoms with Gasteiger partial charge in [0.25, 0.3) is 0 Å². The molecular formula is C9H10F3ITe. The molecule has 0 aliphatic carbocycles. The van der Waals surface area contributed by atoms with Crippen molar-refractivity contribution in [3.63, 3.8) is 0 Å². The Labute approximate surface area is 106 Å². The van der Waals surface area contributed by atoms with Crippen LogP contribution in [-0.4, -0.2) is 19.6 Å². The molecule has 0 aliphatic rings. The number of hydrogen-bond acceptors (Lipinski definition) is 0. The van der Waals surface area contributed by atoms with Crippen LogP contribution in [0.2, 0.25) is 9.94 Å². The first kappa shape index (κ1) is 14.5. The van der Waals surface area contributed by atoms with Crippen molar-refractivity contribution in [2.24, 2.45) is 0 Å². The molecule has 80 valence electrons. The summed E-state index contributed by atoms with van der Waals surface area (Å²) in [7, 11) is 0. The molecule has 0 bridgehead atoms. The quantitative estimate of drug-likeness (QED) is 0.424. The zero-order valence-corrected chi connectivity index (χ0v) is 12.2. The summed E-state index contributed by atoms with van der Waals surface area (Å²) in [6.45, 7) is 0. The Kier molecular flexibility index (Phi) is 5.78. The molecule has 5 heteroatoms. The van der Waals surface area contributed by atoms with Gasteiger partial charge in [-0.25, -0.2) is 0 Å². The third kappa shape index (κ3) is 3.95. The maximum absolute atomic E-state index is 12.1. The molecule has 0 fully saturated rings. The predicted octanol–water partition coefficient (Wildman–Crippen LogP) is -0.329. The third-order valence-electron chi connectivity index (χ3n) is 1.65. The minimum atomic E-state index is -4.21. The number of halogens is 4. The summed E-state index contributed by atoms with van der Waals surface area (Å²) >= 11 is -1.25. The first-order valence-corrected chi connectivity index (χ1v) is 9.48. The Morgan fingerprint density at radius 3 is 1.71 bits per heavy atom. The number of rotatable bonds is 1. The van der Waals surface area contributed by atoms with E-state index in [9.17, 15) is 13.2 Å². The van der Waals surface area contributed by atoms with Crippen LogP contribution in [0.5, 0.6) is 0 Å². The average Bonchev–Trinajstić information content (AvgIpc) is 2.03. The Balaban J connectivity index is 0.00000169. The molecular weight excluding hydrogens is 420 g/mol. The molecule has 0 saturated heterocycles. The van der Waals surface area contributed by atoms with Gasteiger partial charge in [-0.3, -0.25) is 0 Å². The van der Waals surface area contributed by atoms with E-state index >= 15 is 0 Å². The van der Waals surface area contributed by atoms with Crippen LogP contribution in [0, 0.1) is 0 Å². The third-order valence-corrected chi connectivity index (χ3v) is 5.12. The topological polar surface area (TPSA) is 0 Å². The van der Waals surface area contributed by atoms with Gasteiger partial charge in [-0.1, -0.05) is 0 Å². The van der Waals surface area contributed by atoms with Gasteiger partial charge in [-0.15, -0.1) is 0 Å². The van der Waals surface area contributed by atoms with Crippen LogP contribution in [-0.2, 0) is 6.18 Å². The second-order valence-electron chi connectivity index (χ2n) is 2.84. The summed E-state index contributed by atoms with van der Waals surface area (Å²) in [6.07, 6.45) is -4.21. The van der Waals surface area contributed by atoms with Crippen LogP contribution in [0.1, 0.15) is 5.56 Å². The monoisotopic (exact) mass is 432 g/mol. The number of hydrogen-bond donors (Lipinski definition) is 0. The number of alkyl halides is 3. The molecule has 1 rings (SSSR count). The maximum atomic E-state index is 12.1. The zero-order chi connectivity index (χ0) is 10.1. The van der Waals surface area contributed by atoms with Crippen LogP contribution in [0.4, 0.5) is 13.2 Å². The van der Waals surface area contributed by atoms with E-state index in [2.05, 4.69) is 9.94 Å². The summed E-state index contributed by atoms with van der Waals surface area (Å²) in [5, 5.41) is 0. The maximum Gasteiger partial charge on any atom is -1.00 e. The molecule has 0 N–H and O–H groups in total. The molecule has 0 spiro atoms. The van der Waals surface area contributed by atoms with E-state index in [1.807, 2.05) is 0 Å². The SMILES string of the molecule is C[Te+](C)c1ccc(C(F)(F)F)cc1.[I-]. The van der Waals surface area contributed by atoms with Crippen molar-refractivity contribution in [2.45, 2.75) is 16.1 Å². The van der Waals surface area contributed by atoms with E-state index in [-0.39, 0.29) is 24.0 Å². The molecule has 0 aromatic heterocycles. The summed E-state index contributed by atoms with van der Waals surface area (Å²) in [5.74, 6) is 0. The van der Waals surface area contributed by atoms with E-state index in [0.29, 0.717) is 0 Å². The Hall–Kier alpha value is 0.530. The fraction of sp³-hybridized carbons (Fsp3) is 0.333. The summed E-state index contributed by atoms with van der Waals surface area (Å²) < 4.78 is 37.5. The fourth-order valence-electron chi connectivity index (χ4n) is 0.916. The first-order valence-electron chi connectivity index (χ1n) is 3.66. The normalized spacial score (nSPS) is 11.3. The second kappa shape index (κ2) is 5.57. The van der Waals surface area contributed by atoms with Crippen LogP contribution in [0.15, 0.2) is 24.3 Å². The molecule has 14 heavy (non-hydrogen) atoms. The Morgan fingerprint density at radius 1 is 1.00 bits per heavy atom. The summed E-state index contributed by atoms with van der Waals surface area (Å²) in [5.41, 5.74) is -0.559. The molecule has 0 nitrogen and oxygen atoms in total. The standard InChI is InChI=1S/C9H10F3Te.HI/c1-13(2)8-5-3-7(4-6-8)9(10,11)12;/h3-6H,1-2H3;1H/q+1;/p-1. The van der Waals surface area contributed by atoms with E-state index in [4.69, 9.17) is 0 Å². The Morgan fingerprint density at radius 2 is 1.43 bits per heavy atom. The molecule has 1 aromatic carbocycles. The van der Waals surface area contributed by atoms with Crippen LogP contribution < -0.4 is 27.6 Å². The number of benzene rings is 1. The fourth-order valence-corrected chi connectivity index (χ4v) is 2.86. The van der Waals surface area contributed by atoms with E-state index in [1.54, 1.807) is 12.1 Å². The Bertz CT molecular complexity index is 279. The van der Waals surface area contributed by atoms with Gasteiger partial charge in [0.05, 0.1) is 0 Å². The van der Waals surface area contributed by atoms with Crippen molar-refractivity contribution in [3.05, 3.63) is 29.8 Å². The van der Waals surface area contributed by atoms with Crippen LogP contribution in [0.25, 0.3) is 0 Å². The molecule has 0 amide bonds. The van der Waals surface area contributed by atoms with Gasteiger partial charge < -0.3 is 24.0 Å². The molecule has 0 radical (unpaired) electrons. The van der Waals surface area contributed by atoms with Crippen molar-refractivity contribution < 1.29 is 37.1 Å². The van der Waals surface area contributed by atoms with Crippen molar-refractivity contribution in [3.8, 4) is 0 Å². The molecule has 0 saturated carbocycles. The van der Waals surface area contributed by atoms with Gasteiger partial charge in [0.2, 0.25) is 0 Å². The molecule has 0 aliphatic heterocycles. The van der Waals surface area contributed by atoms with Gasteiger partial charge in [-0.2, -0.15) is 0 Å². The second-order valence-corrected chi connectivity index (χ2v) is 8.84. The van der Waals surface area contributed by atoms with Gasteiger partial charge in [0.1, 0.15) is 0 Å². The van der Waals surface area contributed by atoms with Gasteiger partial charge in [-0.05, 0) is 0 Å². The molecule has 0 atom stereocenters. The van der Waals surface area contributed by atoms with E-state index in [0.717, 1.165) is 15.7 Å². The summed E-state index contributed by atoms with van der Waals surface area (Å²) in [6, 6.07) is 5.52. The minimum absolute atomic E-state index is 0. The smallest absolute Gasteiger partial charge is 1.00 e. The van der Waals surface area contributed by atoms with Crippen LogP contribution in [0.3, 0.4) is 0 Å². The molecule has 1 aromatic rings. The van der Waals surface area contributed by atoms with E-state index < -0.39 is 31.3 Å². The first-order chi connectivity index (χ1) is 5.91. The molecule has 0 heterocycles. The zero-order valence-electron chi connectivity index (χ0n) is 7.73. The van der Waals surface area contributed by atoms with Crippen molar-refractivity contribution in [1.82, 2.24) is 0 Å². The summed E-state index contributed by atoms with van der Waals surface area (Å²) in [4.78, 5) is 4.23. The molecule has 0 unspecified atom stereocenters. The van der Waals surface area contributed by atoms with Crippen molar-refractivity contribution in [2.75, 3.05) is 0 Å². The van der Waals surface area contributed by atoms with Gasteiger partial charge >= 0.3 is 82.3 Å². The predicted molar refractivity (Wildman–Crippen MR) is 48.6 cm³/mol. The van der Waals surface area contributed by atoms with Crippen molar-refractivity contribution >= 4 is 23.2 Å². The van der Waals surface area contributed by atoms with Gasteiger partial charge in [0.15, 0.2) is 0 Å².